The Balaban J connectivity index is 1.23. The maximum atomic E-state index is 13.9. The summed E-state index contributed by atoms with van der Waals surface area (Å²) in [6, 6.07) is 13.6. The molecular formula is C47H63N8O9S+. The van der Waals surface area contributed by atoms with Crippen molar-refractivity contribution in [3.05, 3.63) is 98.8 Å². The highest BCUT2D eigenvalue weighted by molar-refractivity contribution is 7.90. The monoisotopic (exact) mass is 915 g/mol. The number of aliphatic imine (C=N–C) groups is 1. The fraction of sp³-hybridized carbons (Fsp3) is 0.489. The summed E-state index contributed by atoms with van der Waals surface area (Å²) in [5.74, 6) is -1.02. The molecule has 0 radical (unpaired) electrons. The SMILES string of the molecule is Cc1c(C)c(S(=O)(=O)NC(N)=NCCC[C@H](NC(=O)[C@H](CCCCNC(=O)OC(C)(C)C)NC(=O)OCC2c3ccccc3-c3ccccc32)/C(O)=C/[N+]#N)c(C)c2c1OC(C)(C)CC2. The van der Waals surface area contributed by atoms with E-state index in [4.69, 9.17) is 19.9 Å². The molecule has 0 saturated carbocycles. The maximum absolute atomic E-state index is 13.9. The fourth-order valence-corrected chi connectivity index (χ4v) is 9.74. The number of ether oxygens (including phenoxy) is 3. The topological polar surface area (TPSA) is 248 Å². The highest BCUT2D eigenvalue weighted by atomic mass is 32.2. The van der Waals surface area contributed by atoms with Crippen LogP contribution in [0.4, 0.5) is 9.59 Å². The average molecular weight is 916 g/mol. The van der Waals surface area contributed by atoms with Gasteiger partial charge in [0.1, 0.15) is 29.6 Å². The number of carbonyl (C=O) groups excluding carboxylic acids is 3. The molecule has 2 atom stereocenters. The van der Waals surface area contributed by atoms with Crippen molar-refractivity contribution in [2.45, 2.75) is 134 Å². The molecule has 1 aliphatic heterocycles. The summed E-state index contributed by atoms with van der Waals surface area (Å²) >= 11 is 0. The van der Waals surface area contributed by atoms with E-state index in [1.165, 1.54) is 0 Å². The molecule has 3 aromatic carbocycles. The highest BCUT2D eigenvalue weighted by Crippen LogP contribution is 2.45. The molecule has 17 nitrogen and oxygen atoms in total. The van der Waals surface area contributed by atoms with Crippen LogP contribution < -0.4 is 31.1 Å². The van der Waals surface area contributed by atoms with Crippen molar-refractivity contribution >= 4 is 34.1 Å². The molecule has 0 bridgehead atoms. The molecule has 0 aromatic heterocycles. The summed E-state index contributed by atoms with van der Waals surface area (Å²) in [6.07, 6.45) is 1.91. The van der Waals surface area contributed by atoms with E-state index in [9.17, 15) is 33.3 Å². The van der Waals surface area contributed by atoms with Crippen LogP contribution in [0.25, 0.3) is 16.1 Å². The van der Waals surface area contributed by atoms with Crippen molar-refractivity contribution in [3.8, 4) is 16.9 Å². The third-order valence-electron chi connectivity index (χ3n) is 11.5. The summed E-state index contributed by atoms with van der Waals surface area (Å²) < 4.78 is 47.1. The van der Waals surface area contributed by atoms with E-state index in [0.717, 1.165) is 46.0 Å². The number of aliphatic hydroxyl groups is 1. The second-order valence-corrected chi connectivity index (χ2v) is 19.7. The molecule has 0 fully saturated rings. The van der Waals surface area contributed by atoms with Gasteiger partial charge in [0, 0.05) is 19.0 Å². The Kier molecular flexibility index (Phi) is 16.1. The number of alkyl carbamates (subject to hydrolysis) is 2. The minimum atomic E-state index is -4.15. The number of diazo groups is 1. The van der Waals surface area contributed by atoms with Gasteiger partial charge in [0.05, 0.1) is 10.9 Å². The number of unbranched alkanes of at least 4 members (excludes halogenated alkanes) is 1. The van der Waals surface area contributed by atoms with Gasteiger partial charge >= 0.3 is 18.4 Å². The van der Waals surface area contributed by atoms with Crippen molar-refractivity contribution in [1.29, 1.82) is 5.39 Å². The first kappa shape index (κ1) is 49.7. The van der Waals surface area contributed by atoms with Crippen LogP contribution in [0.1, 0.15) is 112 Å². The van der Waals surface area contributed by atoms with Crippen LogP contribution in [0.5, 0.6) is 5.75 Å². The number of guanidine groups is 1. The Hall–Kier alpha value is -6.35. The van der Waals surface area contributed by atoms with Crippen molar-refractivity contribution in [1.82, 2.24) is 20.7 Å². The van der Waals surface area contributed by atoms with Crippen LogP contribution in [-0.2, 0) is 30.7 Å². The predicted molar refractivity (Wildman–Crippen MR) is 248 cm³/mol. The number of nitrogens with zero attached hydrogens (tertiary/aromatic N) is 3. The third-order valence-corrected chi connectivity index (χ3v) is 13.1. The summed E-state index contributed by atoms with van der Waals surface area (Å²) in [5, 5.41) is 28.1. The van der Waals surface area contributed by atoms with Crippen LogP contribution in [0.2, 0.25) is 0 Å². The minimum Gasteiger partial charge on any atom is -0.504 e. The summed E-state index contributed by atoms with van der Waals surface area (Å²) in [5.41, 5.74) is 11.9. The maximum Gasteiger partial charge on any atom is 0.407 e. The molecule has 1 heterocycles. The Morgan fingerprint density at radius 1 is 0.954 bits per heavy atom. The second kappa shape index (κ2) is 21.1. The number of hydrogen-bond donors (Lipinski definition) is 6. The number of carbonyl (C=O) groups is 3. The van der Waals surface area contributed by atoms with E-state index < -0.39 is 51.6 Å². The molecule has 1 aliphatic carbocycles. The van der Waals surface area contributed by atoms with Crippen LogP contribution >= 0.6 is 0 Å². The average Bonchev–Trinajstić information content (AvgIpc) is 3.54. The molecule has 0 saturated heterocycles. The lowest BCUT2D eigenvalue weighted by Gasteiger charge is -2.35. The van der Waals surface area contributed by atoms with E-state index in [0.29, 0.717) is 36.1 Å². The first-order valence-corrected chi connectivity index (χ1v) is 23.4. The summed E-state index contributed by atoms with van der Waals surface area (Å²) in [6.45, 7) is 14.8. The molecule has 5 rings (SSSR count). The van der Waals surface area contributed by atoms with E-state index in [1.54, 1.807) is 34.6 Å². The van der Waals surface area contributed by atoms with Crippen LogP contribution in [0.3, 0.4) is 0 Å². The number of nitrogens with two attached hydrogens (primary N) is 1. The lowest BCUT2D eigenvalue weighted by molar-refractivity contribution is -0.124. The van der Waals surface area contributed by atoms with Gasteiger partial charge in [-0.25, -0.2) is 22.7 Å². The number of sulfonamides is 1. The second-order valence-electron chi connectivity index (χ2n) is 18.1. The Bertz CT molecular complexity index is 2430. The van der Waals surface area contributed by atoms with Crippen LogP contribution in [0, 0.1) is 26.2 Å². The molecule has 3 amide bonds. The number of hydrogen-bond acceptors (Lipinski definition) is 11. The van der Waals surface area contributed by atoms with Gasteiger partial charge in [-0.05, 0) is 145 Å². The lowest BCUT2D eigenvalue weighted by atomic mass is 9.88. The van der Waals surface area contributed by atoms with Crippen LogP contribution in [-0.4, -0.2) is 80.6 Å². The normalized spacial score (nSPS) is 15.5. The molecule has 350 valence electrons. The van der Waals surface area contributed by atoms with Gasteiger partial charge in [0.15, 0.2) is 4.98 Å². The first-order chi connectivity index (χ1) is 30.6. The summed E-state index contributed by atoms with van der Waals surface area (Å²) in [4.78, 5) is 46.7. The first-order valence-electron chi connectivity index (χ1n) is 21.9. The molecular weight excluding hydrogens is 853 g/mol. The van der Waals surface area contributed by atoms with Gasteiger partial charge in [-0.15, -0.1) is 0 Å². The summed E-state index contributed by atoms with van der Waals surface area (Å²) in [7, 11) is -4.15. The number of fused-ring (bicyclic) bond motifs is 4. The van der Waals surface area contributed by atoms with Gasteiger partial charge < -0.3 is 41.0 Å². The lowest BCUT2D eigenvalue weighted by Crippen LogP contribution is -2.50. The molecule has 0 spiro atoms. The number of nitrogens with one attached hydrogen (secondary N) is 4. The molecule has 7 N–H and O–H groups in total. The molecule has 0 unspecified atom stereocenters. The standard InChI is InChI=1S/C47H62N8O9S/c1-28-29(2)41(30(3)31-22-23-47(7,8)63-40(28)31)65(60,61)55-43(48)50-25-15-21-37(39(56)26-52-49)53-42(57)38(20-13-14-24-51-44(58)64-46(4,5)6)54-45(59)62-27-36-34-18-11-9-16-32(34)33-17-10-12-19-35(33)36/h9-12,16-19,26,36-38H,13-15,20-25,27H2,1-8H3,(H6-,48,50,51,53,54,55,56,57,58,59)/p+1/b39-26-/t37-,38-/m0/s1. The number of aliphatic hydroxyl groups excluding tert-OH is 1. The van der Waals surface area contributed by atoms with Gasteiger partial charge in [-0.1, -0.05) is 48.5 Å². The Labute approximate surface area is 381 Å². The minimum absolute atomic E-state index is 0.0115. The molecule has 18 heteroatoms. The van der Waals surface area contributed by atoms with Gasteiger partial charge in [0.25, 0.3) is 10.0 Å². The molecule has 3 aromatic rings. The number of benzene rings is 3. The zero-order valence-corrected chi connectivity index (χ0v) is 39.4. The largest absolute Gasteiger partial charge is 0.504 e. The number of amides is 3. The number of rotatable bonds is 17. The van der Waals surface area contributed by atoms with E-state index in [-0.39, 0.29) is 61.3 Å². The van der Waals surface area contributed by atoms with E-state index >= 15 is 0 Å². The molecule has 65 heavy (non-hydrogen) atoms. The Morgan fingerprint density at radius 2 is 1.58 bits per heavy atom. The van der Waals surface area contributed by atoms with Crippen molar-refractivity contribution in [2.75, 3.05) is 19.7 Å². The third kappa shape index (κ3) is 12.9. The Morgan fingerprint density at radius 3 is 2.22 bits per heavy atom. The zero-order valence-electron chi connectivity index (χ0n) is 38.5. The van der Waals surface area contributed by atoms with E-state index in [1.807, 2.05) is 69.3 Å². The molecule has 2 aliphatic rings. The van der Waals surface area contributed by atoms with Crippen molar-refractivity contribution < 1.29 is 42.1 Å². The van der Waals surface area contributed by atoms with Crippen molar-refractivity contribution in [2.24, 2.45) is 10.7 Å². The zero-order chi connectivity index (χ0) is 47.7. The van der Waals surface area contributed by atoms with Crippen LogP contribution in [0.15, 0.2) is 70.4 Å². The highest BCUT2D eigenvalue weighted by Gasteiger charge is 2.34. The van der Waals surface area contributed by atoms with E-state index in [2.05, 4.69) is 30.6 Å². The van der Waals surface area contributed by atoms with Gasteiger partial charge in [-0.2, -0.15) is 0 Å². The fourth-order valence-electron chi connectivity index (χ4n) is 8.21. The van der Waals surface area contributed by atoms with Crippen molar-refractivity contribution in [3.63, 3.8) is 0 Å². The van der Waals surface area contributed by atoms with Gasteiger partial charge in [-0.3, -0.25) is 9.79 Å². The smallest absolute Gasteiger partial charge is 0.407 e. The quantitative estimate of drug-likeness (QED) is 0.0256. The predicted octanol–water partition coefficient (Wildman–Crippen LogP) is 7.43. The van der Waals surface area contributed by atoms with Gasteiger partial charge in [0.2, 0.25) is 23.0 Å².